The van der Waals surface area contributed by atoms with Gasteiger partial charge in [-0.2, -0.15) is 0 Å². The van der Waals surface area contributed by atoms with Gasteiger partial charge in [-0.05, 0) is 42.3 Å². The summed E-state index contributed by atoms with van der Waals surface area (Å²) in [6.45, 7) is 4.99. The van der Waals surface area contributed by atoms with Crippen LogP contribution in [-0.4, -0.2) is 6.54 Å². The molecule has 0 aliphatic carbocycles. The molecule has 0 aromatic heterocycles. The molecule has 2 rings (SSSR count). The minimum absolute atomic E-state index is 0.0481. The van der Waals surface area contributed by atoms with E-state index in [-0.39, 0.29) is 11.9 Å². The van der Waals surface area contributed by atoms with E-state index in [1.165, 1.54) is 17.2 Å². The van der Waals surface area contributed by atoms with Gasteiger partial charge in [-0.15, -0.1) is 0 Å². The molecule has 2 aromatic carbocycles. The van der Waals surface area contributed by atoms with Crippen LogP contribution in [0, 0.1) is 12.7 Å². The lowest BCUT2D eigenvalue weighted by Gasteiger charge is -2.21. The van der Waals surface area contributed by atoms with E-state index in [9.17, 15) is 4.39 Å². The van der Waals surface area contributed by atoms with Crippen LogP contribution in [0.25, 0.3) is 0 Å². The molecule has 0 radical (unpaired) electrons. The topological polar surface area (TPSA) is 12.0 Å². The number of halogens is 1. The largest absolute Gasteiger partial charge is 0.307 e. The predicted octanol–water partition coefficient (Wildman–Crippen LogP) is 3.83. The highest BCUT2D eigenvalue weighted by molar-refractivity contribution is 5.36. The molecule has 0 saturated carbocycles. The molecule has 0 heterocycles. The molecule has 0 amide bonds. The minimum Gasteiger partial charge on any atom is -0.307 e. The van der Waals surface area contributed by atoms with Gasteiger partial charge in [0, 0.05) is 0 Å². The SMILES string of the molecule is CCNC(c1cccc(F)c1)c1ccccc1C. The van der Waals surface area contributed by atoms with E-state index in [1.54, 1.807) is 12.1 Å². The van der Waals surface area contributed by atoms with Crippen molar-refractivity contribution in [3.63, 3.8) is 0 Å². The van der Waals surface area contributed by atoms with Gasteiger partial charge in [0.2, 0.25) is 0 Å². The van der Waals surface area contributed by atoms with Gasteiger partial charge in [-0.3, -0.25) is 0 Å². The third-order valence-electron chi connectivity index (χ3n) is 3.09. The first-order valence-electron chi connectivity index (χ1n) is 6.26. The first kappa shape index (κ1) is 12.8. The fourth-order valence-corrected chi connectivity index (χ4v) is 2.21. The molecule has 1 N–H and O–H groups in total. The van der Waals surface area contributed by atoms with Crippen molar-refractivity contribution < 1.29 is 4.39 Å². The molecule has 94 valence electrons. The first-order chi connectivity index (χ1) is 8.72. The van der Waals surface area contributed by atoms with E-state index in [0.717, 1.165) is 12.1 Å². The van der Waals surface area contributed by atoms with Gasteiger partial charge in [0.05, 0.1) is 6.04 Å². The molecular formula is C16H18FN. The van der Waals surface area contributed by atoms with Gasteiger partial charge >= 0.3 is 0 Å². The zero-order valence-electron chi connectivity index (χ0n) is 10.8. The van der Waals surface area contributed by atoms with E-state index >= 15 is 0 Å². The Morgan fingerprint density at radius 2 is 1.89 bits per heavy atom. The van der Waals surface area contributed by atoms with Crippen LogP contribution in [0.4, 0.5) is 4.39 Å². The molecule has 1 nitrogen and oxygen atoms in total. The van der Waals surface area contributed by atoms with Crippen molar-refractivity contribution in [1.82, 2.24) is 5.32 Å². The molecule has 2 aromatic rings. The summed E-state index contributed by atoms with van der Waals surface area (Å²) >= 11 is 0. The molecule has 0 bridgehead atoms. The van der Waals surface area contributed by atoms with Crippen LogP contribution in [-0.2, 0) is 0 Å². The highest BCUT2D eigenvalue weighted by Crippen LogP contribution is 2.25. The summed E-state index contributed by atoms with van der Waals surface area (Å²) < 4.78 is 13.4. The maximum atomic E-state index is 13.4. The summed E-state index contributed by atoms with van der Waals surface area (Å²) in [6.07, 6.45) is 0. The molecule has 1 unspecified atom stereocenters. The lowest BCUT2D eigenvalue weighted by molar-refractivity contribution is 0.602. The van der Waals surface area contributed by atoms with E-state index < -0.39 is 0 Å². The van der Waals surface area contributed by atoms with E-state index in [0.29, 0.717) is 0 Å². The highest BCUT2D eigenvalue weighted by atomic mass is 19.1. The van der Waals surface area contributed by atoms with Crippen LogP contribution in [0.5, 0.6) is 0 Å². The molecule has 2 heteroatoms. The van der Waals surface area contributed by atoms with Crippen LogP contribution < -0.4 is 5.32 Å². The summed E-state index contributed by atoms with van der Waals surface area (Å²) in [7, 11) is 0. The van der Waals surface area contributed by atoms with Crippen molar-refractivity contribution in [1.29, 1.82) is 0 Å². The van der Waals surface area contributed by atoms with Crippen molar-refractivity contribution in [2.24, 2.45) is 0 Å². The maximum absolute atomic E-state index is 13.4. The average molecular weight is 243 g/mol. The van der Waals surface area contributed by atoms with Gasteiger partial charge in [-0.1, -0.05) is 43.3 Å². The number of benzene rings is 2. The summed E-state index contributed by atoms with van der Waals surface area (Å²) in [4.78, 5) is 0. The molecule has 0 fully saturated rings. The minimum atomic E-state index is -0.191. The van der Waals surface area contributed by atoms with Crippen molar-refractivity contribution >= 4 is 0 Å². The van der Waals surface area contributed by atoms with E-state index in [4.69, 9.17) is 0 Å². The predicted molar refractivity (Wildman–Crippen MR) is 73.1 cm³/mol. The standard InChI is InChI=1S/C16H18FN/c1-3-18-16(13-8-6-9-14(17)11-13)15-10-5-4-7-12(15)2/h4-11,16,18H,3H2,1-2H3. The number of rotatable bonds is 4. The zero-order valence-corrected chi connectivity index (χ0v) is 10.8. The second-order valence-corrected chi connectivity index (χ2v) is 4.40. The number of nitrogens with one attached hydrogen (secondary N) is 1. The number of aryl methyl sites for hydroxylation is 1. The van der Waals surface area contributed by atoms with Gasteiger partial charge in [0.15, 0.2) is 0 Å². The van der Waals surface area contributed by atoms with E-state index in [1.807, 2.05) is 18.2 Å². The lowest BCUT2D eigenvalue weighted by Crippen LogP contribution is -2.22. The maximum Gasteiger partial charge on any atom is 0.123 e. The highest BCUT2D eigenvalue weighted by Gasteiger charge is 2.14. The molecule has 18 heavy (non-hydrogen) atoms. The quantitative estimate of drug-likeness (QED) is 0.860. The fraction of sp³-hybridized carbons (Fsp3) is 0.250. The summed E-state index contributed by atoms with van der Waals surface area (Å²) in [5.41, 5.74) is 3.38. The summed E-state index contributed by atoms with van der Waals surface area (Å²) in [6, 6.07) is 15.1. The smallest absolute Gasteiger partial charge is 0.123 e. The Labute approximate surface area is 108 Å². The van der Waals surface area contributed by atoms with Gasteiger partial charge < -0.3 is 5.32 Å². The van der Waals surface area contributed by atoms with Gasteiger partial charge in [0.25, 0.3) is 0 Å². The van der Waals surface area contributed by atoms with Crippen LogP contribution in [0.3, 0.4) is 0 Å². The van der Waals surface area contributed by atoms with Crippen molar-refractivity contribution in [3.05, 3.63) is 71.0 Å². The summed E-state index contributed by atoms with van der Waals surface area (Å²) in [5, 5.41) is 3.42. The molecule has 1 atom stereocenters. The van der Waals surface area contributed by atoms with Crippen LogP contribution in [0.2, 0.25) is 0 Å². The second kappa shape index (κ2) is 5.78. The number of hydrogen-bond donors (Lipinski definition) is 1. The fourth-order valence-electron chi connectivity index (χ4n) is 2.21. The third kappa shape index (κ3) is 2.77. The Morgan fingerprint density at radius 3 is 2.56 bits per heavy atom. The monoisotopic (exact) mass is 243 g/mol. The lowest BCUT2D eigenvalue weighted by atomic mass is 9.95. The Kier molecular flexibility index (Phi) is 4.11. The third-order valence-corrected chi connectivity index (χ3v) is 3.09. The second-order valence-electron chi connectivity index (χ2n) is 4.40. The Balaban J connectivity index is 2.43. The van der Waals surface area contributed by atoms with Crippen LogP contribution in [0.1, 0.15) is 29.7 Å². The van der Waals surface area contributed by atoms with Crippen molar-refractivity contribution in [3.8, 4) is 0 Å². The molecule has 0 spiro atoms. The molecule has 0 aliphatic heterocycles. The number of hydrogen-bond acceptors (Lipinski definition) is 1. The summed E-state index contributed by atoms with van der Waals surface area (Å²) in [5.74, 6) is -0.191. The Hall–Kier alpha value is -1.67. The molecule has 0 saturated heterocycles. The average Bonchev–Trinajstić information content (AvgIpc) is 2.37. The molecular weight excluding hydrogens is 225 g/mol. The van der Waals surface area contributed by atoms with Crippen LogP contribution in [0.15, 0.2) is 48.5 Å². The zero-order chi connectivity index (χ0) is 13.0. The molecule has 0 aliphatic rings. The Bertz CT molecular complexity index is 522. The van der Waals surface area contributed by atoms with Crippen molar-refractivity contribution in [2.45, 2.75) is 19.9 Å². The van der Waals surface area contributed by atoms with E-state index in [2.05, 4.69) is 31.3 Å². The first-order valence-corrected chi connectivity index (χ1v) is 6.26. The van der Waals surface area contributed by atoms with Crippen molar-refractivity contribution in [2.75, 3.05) is 6.54 Å². The Morgan fingerprint density at radius 1 is 1.11 bits per heavy atom. The van der Waals surface area contributed by atoms with Crippen LogP contribution >= 0.6 is 0 Å². The van der Waals surface area contributed by atoms with Gasteiger partial charge in [0.1, 0.15) is 5.82 Å². The normalized spacial score (nSPS) is 12.4. The van der Waals surface area contributed by atoms with Gasteiger partial charge in [-0.25, -0.2) is 4.39 Å².